The number of methoxy groups -OCH3 is 1. The first-order valence-electron chi connectivity index (χ1n) is 6.52. The molecule has 3 N–H and O–H groups in total. The van der Waals surface area contributed by atoms with Gasteiger partial charge in [0.15, 0.2) is 0 Å². The molecule has 0 saturated heterocycles. The van der Waals surface area contributed by atoms with E-state index in [9.17, 15) is 9.59 Å². The largest absolute Gasteiger partial charge is 0.492 e. The van der Waals surface area contributed by atoms with Gasteiger partial charge in [-0.25, -0.2) is 0 Å². The molecule has 0 bridgehead atoms. The van der Waals surface area contributed by atoms with Gasteiger partial charge in [-0.3, -0.25) is 9.59 Å². The van der Waals surface area contributed by atoms with E-state index in [2.05, 4.69) is 5.32 Å². The van der Waals surface area contributed by atoms with Crippen LogP contribution in [0.5, 0.6) is 5.75 Å². The van der Waals surface area contributed by atoms with Crippen molar-refractivity contribution in [3.05, 3.63) is 24.3 Å². The number of ether oxygens (including phenoxy) is 2. The van der Waals surface area contributed by atoms with Crippen molar-refractivity contribution in [1.29, 1.82) is 0 Å². The lowest BCUT2D eigenvalue weighted by molar-refractivity contribution is -0.136. The van der Waals surface area contributed by atoms with Crippen molar-refractivity contribution in [3.63, 3.8) is 0 Å². The molecule has 0 aliphatic rings. The second kappa shape index (κ2) is 8.93. The van der Waals surface area contributed by atoms with Crippen LogP contribution in [0.4, 0.5) is 5.69 Å². The fourth-order valence-corrected chi connectivity index (χ4v) is 1.55. The molecule has 21 heavy (non-hydrogen) atoms. The van der Waals surface area contributed by atoms with E-state index < -0.39 is 0 Å². The molecule has 0 saturated carbocycles. The summed E-state index contributed by atoms with van der Waals surface area (Å²) in [5.74, 6) is 0.154. The third kappa shape index (κ3) is 6.24. The Balaban J connectivity index is 2.45. The number of nitrogens with zero attached hydrogens (tertiary/aromatic N) is 1. The summed E-state index contributed by atoms with van der Waals surface area (Å²) in [5.41, 5.74) is 5.97. The summed E-state index contributed by atoms with van der Waals surface area (Å²) in [4.78, 5) is 24.6. The normalized spacial score (nSPS) is 10.0. The molecule has 0 spiro atoms. The number of amides is 2. The fraction of sp³-hybridized carbons (Fsp3) is 0.429. The number of nitrogens with one attached hydrogen (secondary N) is 1. The van der Waals surface area contributed by atoms with Gasteiger partial charge >= 0.3 is 0 Å². The van der Waals surface area contributed by atoms with Gasteiger partial charge in [-0.15, -0.1) is 0 Å². The van der Waals surface area contributed by atoms with Crippen LogP contribution in [-0.2, 0) is 14.3 Å². The number of hydrogen-bond acceptors (Lipinski definition) is 5. The lowest BCUT2D eigenvalue weighted by atomic mass is 10.3. The highest BCUT2D eigenvalue weighted by Crippen LogP contribution is 2.15. The van der Waals surface area contributed by atoms with Crippen LogP contribution < -0.4 is 15.8 Å². The predicted octanol–water partition coefficient (Wildman–Crippen LogP) is 0.0674. The van der Waals surface area contributed by atoms with Crippen LogP contribution in [-0.4, -0.2) is 57.2 Å². The van der Waals surface area contributed by atoms with Gasteiger partial charge in [-0.2, -0.15) is 0 Å². The van der Waals surface area contributed by atoms with E-state index in [0.29, 0.717) is 24.6 Å². The first kappa shape index (κ1) is 16.9. The lowest BCUT2D eigenvalue weighted by Crippen LogP contribution is -2.36. The number of rotatable bonds is 8. The van der Waals surface area contributed by atoms with Gasteiger partial charge in [0.1, 0.15) is 19.0 Å². The molecule has 7 heteroatoms. The van der Waals surface area contributed by atoms with Gasteiger partial charge in [-0.1, -0.05) is 0 Å². The van der Waals surface area contributed by atoms with E-state index in [1.54, 1.807) is 31.3 Å². The molecular weight excluding hydrogens is 274 g/mol. The smallest absolute Gasteiger partial charge is 0.248 e. The molecule has 0 fully saturated rings. The van der Waals surface area contributed by atoms with Crippen molar-refractivity contribution < 1.29 is 19.1 Å². The van der Waals surface area contributed by atoms with Crippen molar-refractivity contribution in [1.82, 2.24) is 4.90 Å². The maximum Gasteiger partial charge on any atom is 0.248 e. The van der Waals surface area contributed by atoms with Crippen LogP contribution in [0.15, 0.2) is 24.3 Å². The molecule has 0 aromatic heterocycles. The van der Waals surface area contributed by atoms with Crippen molar-refractivity contribution in [2.75, 3.05) is 45.8 Å². The van der Waals surface area contributed by atoms with Crippen molar-refractivity contribution in [2.24, 2.45) is 5.73 Å². The molecule has 1 rings (SSSR count). The Kier molecular flexibility index (Phi) is 7.20. The van der Waals surface area contributed by atoms with E-state index in [1.165, 1.54) is 12.0 Å². The summed E-state index contributed by atoms with van der Waals surface area (Å²) in [7, 11) is 2.98. The van der Waals surface area contributed by atoms with E-state index in [-0.39, 0.29) is 25.0 Å². The minimum absolute atomic E-state index is 0.0341. The zero-order valence-electron chi connectivity index (χ0n) is 12.3. The number of carbonyl (C=O) groups is 2. The average molecular weight is 295 g/mol. The molecule has 0 aliphatic heterocycles. The van der Waals surface area contributed by atoms with Gasteiger partial charge in [0.05, 0.1) is 6.54 Å². The SMILES string of the molecule is COCC(=O)N(C)CC(=O)Nc1ccc(OCCN)cc1. The van der Waals surface area contributed by atoms with Crippen LogP contribution in [0.25, 0.3) is 0 Å². The minimum atomic E-state index is -0.280. The van der Waals surface area contributed by atoms with Crippen molar-refractivity contribution in [2.45, 2.75) is 0 Å². The number of carbonyl (C=O) groups excluding carboxylic acids is 2. The Morgan fingerprint density at radius 1 is 1.29 bits per heavy atom. The molecule has 1 aromatic carbocycles. The Hall–Kier alpha value is -2.12. The molecule has 1 aromatic rings. The van der Waals surface area contributed by atoms with Crippen LogP contribution in [0.2, 0.25) is 0 Å². The minimum Gasteiger partial charge on any atom is -0.492 e. The Morgan fingerprint density at radius 3 is 2.52 bits per heavy atom. The second-order valence-corrected chi connectivity index (χ2v) is 4.39. The summed E-state index contributed by atoms with van der Waals surface area (Å²) in [6, 6.07) is 6.93. The van der Waals surface area contributed by atoms with Crippen LogP contribution in [0, 0.1) is 0 Å². The third-order valence-electron chi connectivity index (χ3n) is 2.60. The Labute approximate surface area is 124 Å². The fourth-order valence-electron chi connectivity index (χ4n) is 1.55. The highest BCUT2D eigenvalue weighted by molar-refractivity contribution is 5.94. The maximum atomic E-state index is 11.8. The monoisotopic (exact) mass is 295 g/mol. The Bertz CT molecular complexity index is 462. The molecule has 116 valence electrons. The first-order chi connectivity index (χ1) is 10.1. The van der Waals surface area contributed by atoms with E-state index in [1.807, 2.05) is 0 Å². The lowest BCUT2D eigenvalue weighted by Gasteiger charge is -2.16. The van der Waals surface area contributed by atoms with E-state index >= 15 is 0 Å². The molecule has 0 unspecified atom stereocenters. The molecule has 0 aliphatic carbocycles. The zero-order chi connectivity index (χ0) is 15.7. The summed E-state index contributed by atoms with van der Waals surface area (Å²) in [5, 5.41) is 2.70. The second-order valence-electron chi connectivity index (χ2n) is 4.39. The van der Waals surface area contributed by atoms with Gasteiger partial charge in [0.2, 0.25) is 11.8 Å². The maximum absolute atomic E-state index is 11.8. The molecular formula is C14H21N3O4. The summed E-state index contributed by atoms with van der Waals surface area (Å²) >= 11 is 0. The van der Waals surface area contributed by atoms with E-state index in [0.717, 1.165) is 0 Å². The standard InChI is InChI=1S/C14H21N3O4/c1-17(14(19)10-20-2)9-13(18)16-11-3-5-12(6-4-11)21-8-7-15/h3-6H,7-10,15H2,1-2H3,(H,16,18). The Morgan fingerprint density at radius 2 is 1.95 bits per heavy atom. The highest BCUT2D eigenvalue weighted by atomic mass is 16.5. The van der Waals surface area contributed by atoms with Crippen molar-refractivity contribution >= 4 is 17.5 Å². The number of nitrogens with two attached hydrogens (primary N) is 1. The van der Waals surface area contributed by atoms with Gasteiger partial charge < -0.3 is 25.4 Å². The molecule has 0 radical (unpaired) electrons. The first-order valence-corrected chi connectivity index (χ1v) is 6.52. The average Bonchev–Trinajstić information content (AvgIpc) is 2.46. The van der Waals surface area contributed by atoms with Crippen LogP contribution >= 0.6 is 0 Å². The number of anilines is 1. The van der Waals surface area contributed by atoms with Gasteiger partial charge in [-0.05, 0) is 24.3 Å². The predicted molar refractivity (Wildman–Crippen MR) is 79.1 cm³/mol. The molecule has 0 heterocycles. The molecule has 7 nitrogen and oxygen atoms in total. The highest BCUT2D eigenvalue weighted by Gasteiger charge is 2.12. The van der Waals surface area contributed by atoms with E-state index in [4.69, 9.17) is 15.2 Å². The molecule has 0 atom stereocenters. The van der Waals surface area contributed by atoms with Gasteiger partial charge in [0, 0.05) is 26.4 Å². The summed E-state index contributed by atoms with van der Waals surface area (Å²) < 4.78 is 10.1. The third-order valence-corrected chi connectivity index (χ3v) is 2.60. The van der Waals surface area contributed by atoms with Crippen LogP contribution in [0.1, 0.15) is 0 Å². The number of benzene rings is 1. The van der Waals surface area contributed by atoms with Crippen LogP contribution in [0.3, 0.4) is 0 Å². The summed E-state index contributed by atoms with van der Waals surface area (Å²) in [6.07, 6.45) is 0. The number of hydrogen-bond donors (Lipinski definition) is 2. The van der Waals surface area contributed by atoms with Crippen molar-refractivity contribution in [3.8, 4) is 5.75 Å². The summed E-state index contributed by atoms with van der Waals surface area (Å²) in [6.45, 7) is 0.809. The molecule has 2 amide bonds. The zero-order valence-corrected chi connectivity index (χ0v) is 12.3. The quantitative estimate of drug-likeness (QED) is 0.707. The number of likely N-dealkylation sites (N-methyl/N-ethyl adjacent to an activating group) is 1. The van der Waals surface area contributed by atoms with Gasteiger partial charge in [0.25, 0.3) is 0 Å². The topological polar surface area (TPSA) is 93.9 Å².